The lowest BCUT2D eigenvalue weighted by molar-refractivity contribution is 0.0954. The predicted molar refractivity (Wildman–Crippen MR) is 126 cm³/mol. The molecule has 1 aliphatic rings. The van der Waals surface area contributed by atoms with Gasteiger partial charge in [-0.15, -0.1) is 0 Å². The minimum absolute atomic E-state index is 0.183. The van der Waals surface area contributed by atoms with Gasteiger partial charge in [-0.25, -0.2) is 13.9 Å². The Bertz CT molecular complexity index is 1130. The van der Waals surface area contributed by atoms with E-state index in [-0.39, 0.29) is 23.4 Å². The Morgan fingerprint density at radius 3 is 2.94 bits per heavy atom. The van der Waals surface area contributed by atoms with E-state index in [0.29, 0.717) is 35.7 Å². The number of aromatic hydroxyl groups is 1. The van der Waals surface area contributed by atoms with E-state index >= 15 is 0 Å². The van der Waals surface area contributed by atoms with Crippen molar-refractivity contribution in [2.45, 2.75) is 71.1 Å². The van der Waals surface area contributed by atoms with E-state index < -0.39 is 0 Å². The molecular weight excluding hydrogens is 419 g/mol. The van der Waals surface area contributed by atoms with Crippen molar-refractivity contribution in [3.63, 3.8) is 0 Å². The second kappa shape index (κ2) is 10.3. The third-order valence-electron chi connectivity index (χ3n) is 6.93. The monoisotopic (exact) mass is 452 g/mol. The highest BCUT2D eigenvalue weighted by molar-refractivity contribution is 5.99. The Morgan fingerprint density at radius 1 is 1.27 bits per heavy atom. The molecule has 3 aromatic rings. The molecule has 0 radical (unpaired) electrons. The zero-order chi connectivity index (χ0) is 23.4. The largest absolute Gasteiger partial charge is 0.507 e. The minimum atomic E-state index is -0.260. The van der Waals surface area contributed by atoms with Crippen molar-refractivity contribution in [1.82, 2.24) is 19.9 Å². The lowest BCUT2D eigenvalue weighted by Gasteiger charge is -2.21. The zero-order valence-electron chi connectivity index (χ0n) is 19.5. The van der Waals surface area contributed by atoms with Crippen molar-refractivity contribution in [2.75, 3.05) is 6.54 Å². The number of phenolic OH excluding ortho intramolecular Hbond substituents is 1. The standard InChI is InChI=1S/C26H33FN4O2/c1-3-18-9-7-10-21(18)22-15-20(27)14-19(24(22)32)8-5-4-6-12-28-26(33)23-16-29-31-13-11-17(2)30-25(23)31/h11,13-16,18,21,32H,3-10,12H2,1-2H3,(H,28,33). The summed E-state index contributed by atoms with van der Waals surface area (Å²) in [6, 6.07) is 4.84. The van der Waals surface area contributed by atoms with Crippen molar-refractivity contribution in [3.05, 3.63) is 58.8 Å². The van der Waals surface area contributed by atoms with E-state index in [4.69, 9.17) is 0 Å². The second-order valence-corrected chi connectivity index (χ2v) is 9.17. The predicted octanol–water partition coefficient (Wildman–Crippen LogP) is 5.32. The third kappa shape index (κ3) is 5.18. The molecule has 2 heterocycles. The normalized spacial score (nSPS) is 18.2. The molecule has 4 rings (SSSR count). The summed E-state index contributed by atoms with van der Waals surface area (Å²) in [5.74, 6) is 0.631. The summed E-state index contributed by atoms with van der Waals surface area (Å²) in [5.41, 5.74) is 3.34. The fourth-order valence-electron chi connectivity index (χ4n) is 5.12. The number of hydrogen-bond acceptors (Lipinski definition) is 4. The van der Waals surface area contributed by atoms with Crippen LogP contribution in [0.5, 0.6) is 5.75 Å². The second-order valence-electron chi connectivity index (χ2n) is 9.17. The number of unbranched alkanes of at least 4 members (excludes halogenated alkanes) is 2. The summed E-state index contributed by atoms with van der Waals surface area (Å²) in [4.78, 5) is 16.9. The molecular formula is C26H33FN4O2. The van der Waals surface area contributed by atoms with Gasteiger partial charge in [-0.3, -0.25) is 4.79 Å². The Kier molecular flexibility index (Phi) is 7.26. The fourth-order valence-corrected chi connectivity index (χ4v) is 5.12. The Balaban J connectivity index is 1.27. The van der Waals surface area contributed by atoms with Gasteiger partial charge in [0.15, 0.2) is 5.65 Å². The summed E-state index contributed by atoms with van der Waals surface area (Å²) in [6.45, 7) is 4.60. The van der Waals surface area contributed by atoms with Crippen LogP contribution in [0.1, 0.15) is 85.0 Å². The molecule has 176 valence electrons. The number of fused-ring (bicyclic) bond motifs is 1. The maximum atomic E-state index is 14.3. The number of phenols is 1. The maximum absolute atomic E-state index is 14.3. The summed E-state index contributed by atoms with van der Waals surface area (Å²) >= 11 is 0. The molecule has 33 heavy (non-hydrogen) atoms. The summed E-state index contributed by atoms with van der Waals surface area (Å²) < 4.78 is 15.9. The first-order chi connectivity index (χ1) is 16.0. The molecule has 2 aromatic heterocycles. The number of hydrogen-bond donors (Lipinski definition) is 2. The van der Waals surface area contributed by atoms with Crippen LogP contribution in [0, 0.1) is 18.7 Å². The SMILES string of the molecule is CCC1CCCC1c1cc(F)cc(CCCCCNC(=O)c2cnn3ccc(C)nc23)c1O. The highest BCUT2D eigenvalue weighted by Crippen LogP contribution is 2.45. The molecule has 0 saturated heterocycles. The number of halogens is 1. The first-order valence-electron chi connectivity index (χ1n) is 12.1. The number of benzene rings is 1. The molecule has 0 spiro atoms. The molecule has 0 bridgehead atoms. The smallest absolute Gasteiger partial charge is 0.256 e. The van der Waals surface area contributed by atoms with Crippen LogP contribution < -0.4 is 5.32 Å². The number of nitrogens with one attached hydrogen (secondary N) is 1. The molecule has 1 aliphatic carbocycles. The molecule has 1 aromatic carbocycles. The summed E-state index contributed by atoms with van der Waals surface area (Å²) in [7, 11) is 0. The van der Waals surface area contributed by atoms with Crippen LogP contribution in [0.3, 0.4) is 0 Å². The van der Waals surface area contributed by atoms with Crippen molar-refractivity contribution in [3.8, 4) is 5.75 Å². The number of aromatic nitrogens is 3. The van der Waals surface area contributed by atoms with Crippen molar-refractivity contribution < 1.29 is 14.3 Å². The van der Waals surface area contributed by atoms with Gasteiger partial charge in [0.1, 0.15) is 17.1 Å². The van der Waals surface area contributed by atoms with Gasteiger partial charge in [0.25, 0.3) is 5.91 Å². The average Bonchev–Trinajstić information content (AvgIpc) is 3.44. The van der Waals surface area contributed by atoms with Gasteiger partial charge in [0.05, 0.1) is 6.20 Å². The van der Waals surface area contributed by atoms with Gasteiger partial charge < -0.3 is 10.4 Å². The molecule has 6 nitrogen and oxygen atoms in total. The van der Waals surface area contributed by atoms with Gasteiger partial charge in [-0.1, -0.05) is 26.2 Å². The number of nitrogens with zero attached hydrogens (tertiary/aromatic N) is 3. The molecule has 1 saturated carbocycles. The lowest BCUT2D eigenvalue weighted by Crippen LogP contribution is -2.24. The minimum Gasteiger partial charge on any atom is -0.507 e. The van der Waals surface area contributed by atoms with E-state index in [0.717, 1.165) is 56.2 Å². The topological polar surface area (TPSA) is 79.5 Å². The van der Waals surface area contributed by atoms with Crippen LogP contribution in [0.25, 0.3) is 5.65 Å². The van der Waals surface area contributed by atoms with Crippen LogP contribution in [-0.2, 0) is 6.42 Å². The quantitative estimate of drug-likeness (QED) is 0.431. The molecule has 2 unspecified atom stereocenters. The number of carbonyl (C=O) groups excluding carboxylic acids is 1. The van der Waals surface area contributed by atoms with E-state index in [1.54, 1.807) is 10.7 Å². The molecule has 1 amide bonds. The van der Waals surface area contributed by atoms with Crippen LogP contribution in [0.2, 0.25) is 0 Å². The van der Waals surface area contributed by atoms with Crippen LogP contribution in [-0.4, -0.2) is 32.2 Å². The van der Waals surface area contributed by atoms with Gasteiger partial charge in [-0.05, 0) is 74.6 Å². The first kappa shape index (κ1) is 23.2. The summed E-state index contributed by atoms with van der Waals surface area (Å²) in [5, 5.41) is 17.9. The highest BCUT2D eigenvalue weighted by atomic mass is 19.1. The van der Waals surface area contributed by atoms with Crippen LogP contribution in [0.15, 0.2) is 30.6 Å². The van der Waals surface area contributed by atoms with Crippen molar-refractivity contribution in [2.24, 2.45) is 5.92 Å². The first-order valence-corrected chi connectivity index (χ1v) is 12.1. The number of aryl methyl sites for hydroxylation is 2. The van der Waals surface area contributed by atoms with Gasteiger partial charge >= 0.3 is 0 Å². The van der Waals surface area contributed by atoms with Gasteiger partial charge in [0, 0.05) is 24.0 Å². The van der Waals surface area contributed by atoms with Crippen LogP contribution in [0.4, 0.5) is 4.39 Å². The summed E-state index contributed by atoms with van der Waals surface area (Å²) in [6.07, 6.45) is 10.8. The highest BCUT2D eigenvalue weighted by Gasteiger charge is 2.30. The Morgan fingerprint density at radius 2 is 2.12 bits per heavy atom. The number of carbonyl (C=O) groups is 1. The van der Waals surface area contributed by atoms with E-state index in [1.807, 2.05) is 13.0 Å². The van der Waals surface area contributed by atoms with E-state index in [1.165, 1.54) is 18.3 Å². The van der Waals surface area contributed by atoms with Crippen molar-refractivity contribution >= 4 is 11.6 Å². The number of rotatable bonds is 9. The Labute approximate surface area is 194 Å². The number of amides is 1. The van der Waals surface area contributed by atoms with E-state index in [2.05, 4.69) is 22.3 Å². The molecule has 2 N–H and O–H groups in total. The maximum Gasteiger partial charge on any atom is 0.256 e. The van der Waals surface area contributed by atoms with Crippen molar-refractivity contribution in [1.29, 1.82) is 0 Å². The zero-order valence-corrected chi connectivity index (χ0v) is 19.5. The molecule has 0 aliphatic heterocycles. The third-order valence-corrected chi connectivity index (χ3v) is 6.93. The fraction of sp³-hybridized carbons (Fsp3) is 0.500. The average molecular weight is 453 g/mol. The molecule has 1 fully saturated rings. The Hall–Kier alpha value is -2.96. The molecule has 7 heteroatoms. The molecule has 2 atom stereocenters. The van der Waals surface area contributed by atoms with Crippen LogP contribution >= 0.6 is 0 Å². The van der Waals surface area contributed by atoms with Gasteiger partial charge in [0.2, 0.25) is 0 Å². The van der Waals surface area contributed by atoms with E-state index in [9.17, 15) is 14.3 Å². The lowest BCUT2D eigenvalue weighted by atomic mass is 9.85. The van der Waals surface area contributed by atoms with Gasteiger partial charge in [-0.2, -0.15) is 5.10 Å².